The molecule has 1 amide bonds. The molecule has 4 rings (SSSR count). The summed E-state index contributed by atoms with van der Waals surface area (Å²) in [5, 5.41) is 3.35. The maximum Gasteiger partial charge on any atom is 0.231 e. The van der Waals surface area contributed by atoms with Crippen LogP contribution in [0.25, 0.3) is 0 Å². The average molecular weight is 375 g/mol. The molecule has 1 aromatic rings. The number of hydrogen-bond donors (Lipinski definition) is 1. The predicted molar refractivity (Wildman–Crippen MR) is 101 cm³/mol. The molecule has 7 nitrogen and oxygen atoms in total. The highest BCUT2D eigenvalue weighted by Gasteiger charge is 2.22. The Balaban J connectivity index is 1.14. The summed E-state index contributed by atoms with van der Waals surface area (Å²) in [5.41, 5.74) is 1.22. The number of nitrogens with one attached hydrogen (secondary N) is 1. The van der Waals surface area contributed by atoms with Crippen molar-refractivity contribution >= 4 is 5.91 Å². The van der Waals surface area contributed by atoms with Gasteiger partial charge in [-0.1, -0.05) is 6.07 Å². The van der Waals surface area contributed by atoms with E-state index in [1.807, 2.05) is 11.0 Å². The molecule has 3 heterocycles. The van der Waals surface area contributed by atoms with Crippen molar-refractivity contribution in [3.63, 3.8) is 0 Å². The Bertz CT molecular complexity index is 640. The zero-order chi connectivity index (χ0) is 18.5. The van der Waals surface area contributed by atoms with Crippen molar-refractivity contribution in [3.8, 4) is 11.5 Å². The predicted octanol–water partition coefficient (Wildman–Crippen LogP) is 1.22. The largest absolute Gasteiger partial charge is 0.454 e. The van der Waals surface area contributed by atoms with Gasteiger partial charge in [0, 0.05) is 58.8 Å². The van der Waals surface area contributed by atoms with E-state index in [2.05, 4.69) is 22.3 Å². The van der Waals surface area contributed by atoms with E-state index in [1.165, 1.54) is 5.56 Å². The van der Waals surface area contributed by atoms with Crippen molar-refractivity contribution in [1.82, 2.24) is 15.1 Å². The topological polar surface area (TPSA) is 63.3 Å². The van der Waals surface area contributed by atoms with Crippen LogP contribution in [0.2, 0.25) is 0 Å². The maximum absolute atomic E-state index is 12.4. The first kappa shape index (κ1) is 18.5. The van der Waals surface area contributed by atoms with Crippen LogP contribution in [0.1, 0.15) is 24.8 Å². The second kappa shape index (κ2) is 8.91. The number of fused-ring (bicyclic) bond motifs is 1. The molecule has 148 valence electrons. The first-order valence-electron chi connectivity index (χ1n) is 9.99. The zero-order valence-corrected chi connectivity index (χ0v) is 15.8. The van der Waals surface area contributed by atoms with Crippen molar-refractivity contribution in [2.75, 3.05) is 52.7 Å². The third kappa shape index (κ3) is 4.91. The lowest BCUT2D eigenvalue weighted by atomic mass is 10.1. The van der Waals surface area contributed by atoms with Crippen molar-refractivity contribution in [2.24, 2.45) is 0 Å². The lowest BCUT2D eigenvalue weighted by Gasteiger charge is -2.35. The lowest BCUT2D eigenvalue weighted by Crippen LogP contribution is -2.48. The highest BCUT2D eigenvalue weighted by molar-refractivity contribution is 5.76. The summed E-state index contributed by atoms with van der Waals surface area (Å²) < 4.78 is 16.4. The van der Waals surface area contributed by atoms with Gasteiger partial charge in [-0.2, -0.15) is 0 Å². The molecular formula is C20H29N3O4. The molecule has 7 heteroatoms. The van der Waals surface area contributed by atoms with E-state index in [9.17, 15) is 4.79 Å². The Morgan fingerprint density at radius 1 is 1.15 bits per heavy atom. The van der Waals surface area contributed by atoms with Gasteiger partial charge in [-0.3, -0.25) is 9.69 Å². The van der Waals surface area contributed by atoms with Gasteiger partial charge < -0.3 is 24.4 Å². The van der Waals surface area contributed by atoms with E-state index in [-0.39, 0.29) is 5.91 Å². The number of amides is 1. The Morgan fingerprint density at radius 3 is 2.81 bits per heavy atom. The third-order valence-electron chi connectivity index (χ3n) is 5.48. The molecule has 0 saturated carbocycles. The SMILES string of the molecule is O=C(CCNCC1CCCO1)N1CCN(Cc2ccc3c(c2)OCO3)CC1. The van der Waals surface area contributed by atoms with Crippen LogP contribution < -0.4 is 14.8 Å². The normalized spacial score (nSPS) is 22.4. The summed E-state index contributed by atoms with van der Waals surface area (Å²) in [7, 11) is 0. The fourth-order valence-corrected chi connectivity index (χ4v) is 3.87. The molecule has 1 unspecified atom stereocenters. The number of ether oxygens (including phenoxy) is 3. The van der Waals surface area contributed by atoms with E-state index in [4.69, 9.17) is 14.2 Å². The number of hydrogen-bond acceptors (Lipinski definition) is 6. The standard InChI is InChI=1S/C20H29N3O4/c24-20(5-6-21-13-17-2-1-11-25-17)23-9-7-22(8-10-23)14-16-3-4-18-19(12-16)27-15-26-18/h3-4,12,17,21H,1-2,5-11,13-15H2. The minimum absolute atomic E-state index is 0.248. The Hall–Kier alpha value is -1.83. The zero-order valence-electron chi connectivity index (χ0n) is 15.8. The number of nitrogens with zero attached hydrogens (tertiary/aromatic N) is 2. The van der Waals surface area contributed by atoms with Crippen LogP contribution >= 0.6 is 0 Å². The number of carbonyl (C=O) groups is 1. The van der Waals surface area contributed by atoms with Crippen LogP contribution in [-0.4, -0.2) is 74.5 Å². The van der Waals surface area contributed by atoms with Crippen molar-refractivity contribution in [1.29, 1.82) is 0 Å². The molecule has 1 N–H and O–H groups in total. The Kier molecular flexibility index (Phi) is 6.11. The van der Waals surface area contributed by atoms with E-state index in [0.29, 0.717) is 19.3 Å². The highest BCUT2D eigenvalue weighted by Crippen LogP contribution is 2.32. The molecule has 27 heavy (non-hydrogen) atoms. The molecule has 0 radical (unpaired) electrons. The second-order valence-corrected chi connectivity index (χ2v) is 7.43. The molecule has 3 aliphatic rings. The van der Waals surface area contributed by atoms with E-state index in [1.54, 1.807) is 0 Å². The van der Waals surface area contributed by atoms with Gasteiger partial charge >= 0.3 is 0 Å². The van der Waals surface area contributed by atoms with Crippen LogP contribution in [0.15, 0.2) is 18.2 Å². The number of piperazine rings is 1. The smallest absolute Gasteiger partial charge is 0.231 e. The van der Waals surface area contributed by atoms with Gasteiger partial charge in [0.2, 0.25) is 12.7 Å². The van der Waals surface area contributed by atoms with Gasteiger partial charge in [0.25, 0.3) is 0 Å². The van der Waals surface area contributed by atoms with Gasteiger partial charge in [-0.25, -0.2) is 0 Å². The summed E-state index contributed by atoms with van der Waals surface area (Å²) in [6, 6.07) is 6.12. The summed E-state index contributed by atoms with van der Waals surface area (Å²) in [4.78, 5) is 16.8. The van der Waals surface area contributed by atoms with Gasteiger partial charge in [0.1, 0.15) is 0 Å². The minimum Gasteiger partial charge on any atom is -0.454 e. The van der Waals surface area contributed by atoms with Crippen LogP contribution in [0, 0.1) is 0 Å². The molecule has 3 aliphatic heterocycles. The molecule has 0 aromatic heterocycles. The van der Waals surface area contributed by atoms with Gasteiger partial charge in [-0.15, -0.1) is 0 Å². The minimum atomic E-state index is 0.248. The summed E-state index contributed by atoms with van der Waals surface area (Å²) in [5.74, 6) is 1.90. The van der Waals surface area contributed by atoms with E-state index >= 15 is 0 Å². The van der Waals surface area contributed by atoms with Crippen molar-refractivity contribution < 1.29 is 19.0 Å². The van der Waals surface area contributed by atoms with Crippen LogP contribution in [0.4, 0.5) is 0 Å². The molecular weight excluding hydrogens is 346 g/mol. The molecule has 2 fully saturated rings. The molecule has 1 atom stereocenters. The molecule has 0 spiro atoms. The van der Waals surface area contributed by atoms with Crippen molar-refractivity contribution in [2.45, 2.75) is 31.9 Å². The van der Waals surface area contributed by atoms with E-state index in [0.717, 1.165) is 76.8 Å². The molecule has 0 aliphatic carbocycles. The van der Waals surface area contributed by atoms with Crippen LogP contribution in [0.5, 0.6) is 11.5 Å². The molecule has 1 aromatic carbocycles. The first-order chi connectivity index (χ1) is 13.3. The first-order valence-corrected chi connectivity index (χ1v) is 9.99. The number of rotatable bonds is 7. The van der Waals surface area contributed by atoms with Gasteiger partial charge in [0.05, 0.1) is 6.10 Å². The van der Waals surface area contributed by atoms with Crippen LogP contribution in [0.3, 0.4) is 0 Å². The molecule has 0 bridgehead atoms. The number of benzene rings is 1. The average Bonchev–Trinajstić information content (AvgIpc) is 3.37. The molecule has 2 saturated heterocycles. The van der Waals surface area contributed by atoms with Gasteiger partial charge in [-0.05, 0) is 30.5 Å². The lowest BCUT2D eigenvalue weighted by molar-refractivity contribution is -0.132. The second-order valence-electron chi connectivity index (χ2n) is 7.43. The summed E-state index contributed by atoms with van der Waals surface area (Å²) in [6.45, 7) is 7.07. The maximum atomic E-state index is 12.4. The summed E-state index contributed by atoms with van der Waals surface area (Å²) >= 11 is 0. The van der Waals surface area contributed by atoms with Crippen molar-refractivity contribution in [3.05, 3.63) is 23.8 Å². The fraction of sp³-hybridized carbons (Fsp3) is 0.650. The van der Waals surface area contributed by atoms with E-state index < -0.39 is 0 Å². The van der Waals surface area contributed by atoms with Crippen LogP contribution in [-0.2, 0) is 16.1 Å². The Labute approximate surface area is 160 Å². The van der Waals surface area contributed by atoms with Gasteiger partial charge in [0.15, 0.2) is 11.5 Å². The Morgan fingerprint density at radius 2 is 2.00 bits per heavy atom. The quantitative estimate of drug-likeness (QED) is 0.723. The fourth-order valence-electron chi connectivity index (χ4n) is 3.87. The monoisotopic (exact) mass is 375 g/mol. The summed E-state index contributed by atoms with van der Waals surface area (Å²) in [6.07, 6.45) is 3.18. The highest BCUT2D eigenvalue weighted by atomic mass is 16.7. The number of carbonyl (C=O) groups excluding carboxylic acids is 1. The third-order valence-corrected chi connectivity index (χ3v) is 5.48.